The molecule has 0 saturated heterocycles. The minimum absolute atomic E-state index is 0. The minimum atomic E-state index is -2.99. The van der Waals surface area contributed by atoms with Gasteiger partial charge in [-0.1, -0.05) is 32.9 Å². The number of halogens is 2. The van der Waals surface area contributed by atoms with Gasteiger partial charge in [0.15, 0.2) is 17.5 Å². The quantitative estimate of drug-likeness (QED) is 0.253. The normalized spacial score (nSPS) is 13.4. The molecule has 0 aliphatic heterocycles. The number of para-hydroxylation sites is 1. The Kier molecular flexibility index (Phi) is 12.7. The fourth-order valence-corrected chi connectivity index (χ4v) is 3.30. The molecule has 1 aromatic carbocycles. The van der Waals surface area contributed by atoms with Gasteiger partial charge in [0.05, 0.1) is 12.3 Å². The summed E-state index contributed by atoms with van der Waals surface area (Å²) >= 11 is 0. The molecule has 0 bridgehead atoms. The molecule has 0 aromatic heterocycles. The van der Waals surface area contributed by atoms with Gasteiger partial charge in [0.25, 0.3) is 0 Å². The number of nitrogens with one attached hydrogen (secondary N) is 2. The van der Waals surface area contributed by atoms with Gasteiger partial charge >= 0.3 is 0 Å². The molecule has 0 fully saturated rings. The van der Waals surface area contributed by atoms with Crippen LogP contribution in [0.15, 0.2) is 29.3 Å². The Morgan fingerprint density at radius 2 is 1.90 bits per heavy atom. The average molecular weight is 543 g/mol. The largest absolute Gasteiger partial charge is 0.486 e. The van der Waals surface area contributed by atoms with Crippen LogP contribution in [0.4, 0.5) is 4.39 Å². The van der Waals surface area contributed by atoms with E-state index in [2.05, 4.69) is 15.6 Å². The van der Waals surface area contributed by atoms with Crippen molar-refractivity contribution in [3.63, 3.8) is 0 Å². The Bertz CT molecular complexity index is 742. The zero-order valence-electron chi connectivity index (χ0n) is 18.0. The number of nitrogens with zero attached hydrogens (tertiary/aromatic N) is 1. The van der Waals surface area contributed by atoms with Gasteiger partial charge in [0.1, 0.15) is 15.9 Å². The van der Waals surface area contributed by atoms with E-state index < -0.39 is 9.84 Å². The highest BCUT2D eigenvalue weighted by Crippen LogP contribution is 2.21. The van der Waals surface area contributed by atoms with Crippen LogP contribution in [0, 0.1) is 11.2 Å². The van der Waals surface area contributed by atoms with Gasteiger partial charge in [0.2, 0.25) is 0 Å². The van der Waals surface area contributed by atoms with Gasteiger partial charge in [-0.15, -0.1) is 24.0 Å². The predicted octanol–water partition coefficient (Wildman–Crippen LogP) is 3.62. The van der Waals surface area contributed by atoms with Crippen LogP contribution in [0.5, 0.6) is 5.75 Å². The van der Waals surface area contributed by atoms with E-state index in [4.69, 9.17) is 4.74 Å². The van der Waals surface area contributed by atoms with E-state index in [-0.39, 0.29) is 52.8 Å². The summed E-state index contributed by atoms with van der Waals surface area (Å²) in [6.45, 7) is 9.61. The average Bonchev–Trinajstić information content (AvgIpc) is 2.62. The van der Waals surface area contributed by atoms with Crippen molar-refractivity contribution in [2.24, 2.45) is 10.4 Å². The zero-order valence-corrected chi connectivity index (χ0v) is 21.1. The van der Waals surface area contributed by atoms with E-state index in [1.165, 1.54) is 12.3 Å². The molecule has 29 heavy (non-hydrogen) atoms. The van der Waals surface area contributed by atoms with Crippen LogP contribution in [0.2, 0.25) is 0 Å². The maximum absolute atomic E-state index is 13.8. The van der Waals surface area contributed by atoms with Gasteiger partial charge in [0, 0.05) is 19.3 Å². The molecule has 1 atom stereocenters. The molecule has 0 aliphatic carbocycles. The summed E-state index contributed by atoms with van der Waals surface area (Å²) in [7, 11) is -2.99. The van der Waals surface area contributed by atoms with Crippen LogP contribution in [0.25, 0.3) is 0 Å². The highest BCUT2D eigenvalue weighted by Gasteiger charge is 2.20. The van der Waals surface area contributed by atoms with Crippen LogP contribution in [-0.4, -0.2) is 52.1 Å². The third-order valence-corrected chi connectivity index (χ3v) is 5.19. The summed E-state index contributed by atoms with van der Waals surface area (Å²) in [6, 6.07) is 6.35. The van der Waals surface area contributed by atoms with Crippen molar-refractivity contribution in [3.8, 4) is 5.75 Å². The number of benzene rings is 1. The molecular formula is C20H35FIN3O3S. The van der Waals surface area contributed by atoms with Crippen molar-refractivity contribution in [1.82, 2.24) is 10.6 Å². The first-order valence-electron chi connectivity index (χ1n) is 9.67. The van der Waals surface area contributed by atoms with Crippen molar-refractivity contribution in [2.45, 2.75) is 46.6 Å². The molecule has 6 nitrogen and oxygen atoms in total. The molecular weight excluding hydrogens is 508 g/mol. The molecule has 0 amide bonds. The minimum Gasteiger partial charge on any atom is -0.486 e. The van der Waals surface area contributed by atoms with Crippen LogP contribution in [-0.2, 0) is 9.84 Å². The number of rotatable bonds is 11. The lowest BCUT2D eigenvalue weighted by Crippen LogP contribution is -2.43. The summed E-state index contributed by atoms with van der Waals surface area (Å²) in [5, 5.41) is 6.40. The van der Waals surface area contributed by atoms with Gasteiger partial charge in [-0.05, 0) is 37.3 Å². The molecule has 1 unspecified atom stereocenters. The van der Waals surface area contributed by atoms with E-state index in [9.17, 15) is 12.8 Å². The van der Waals surface area contributed by atoms with Crippen LogP contribution in [0.1, 0.15) is 40.5 Å². The van der Waals surface area contributed by atoms with Crippen LogP contribution < -0.4 is 15.4 Å². The maximum Gasteiger partial charge on any atom is 0.191 e. The first-order valence-corrected chi connectivity index (χ1v) is 11.7. The second kappa shape index (κ2) is 13.3. The number of hydrogen-bond donors (Lipinski definition) is 2. The summed E-state index contributed by atoms with van der Waals surface area (Å²) in [6.07, 6.45) is 2.29. The summed E-state index contributed by atoms with van der Waals surface area (Å²) in [5.41, 5.74) is -0.237. The van der Waals surface area contributed by atoms with Crippen molar-refractivity contribution in [3.05, 3.63) is 30.1 Å². The number of hydrogen-bond acceptors (Lipinski definition) is 4. The number of aliphatic imine (C=N–C) groups is 1. The number of sulfone groups is 1. The van der Waals surface area contributed by atoms with E-state index in [0.717, 1.165) is 0 Å². The molecule has 0 heterocycles. The third-order valence-electron chi connectivity index (χ3n) is 4.24. The van der Waals surface area contributed by atoms with Gasteiger partial charge in [-0.2, -0.15) is 0 Å². The van der Waals surface area contributed by atoms with Crippen LogP contribution in [0.3, 0.4) is 0 Å². The Labute approximate surface area is 192 Å². The lowest BCUT2D eigenvalue weighted by molar-refractivity contribution is 0.191. The molecule has 0 radical (unpaired) electrons. The zero-order chi connectivity index (χ0) is 21.2. The first-order chi connectivity index (χ1) is 13.1. The summed E-state index contributed by atoms with van der Waals surface area (Å²) < 4.78 is 42.4. The van der Waals surface area contributed by atoms with Crippen molar-refractivity contribution in [2.75, 3.05) is 31.6 Å². The van der Waals surface area contributed by atoms with Crippen molar-refractivity contribution < 1.29 is 17.5 Å². The van der Waals surface area contributed by atoms with Gasteiger partial charge in [-0.25, -0.2) is 12.8 Å². The second-order valence-corrected chi connectivity index (χ2v) is 9.96. The Morgan fingerprint density at radius 1 is 1.24 bits per heavy atom. The summed E-state index contributed by atoms with van der Waals surface area (Å²) in [4.78, 5) is 4.59. The lowest BCUT2D eigenvalue weighted by atomic mass is 9.90. The van der Waals surface area contributed by atoms with E-state index >= 15 is 0 Å². The molecule has 0 saturated carbocycles. The first kappa shape index (κ1) is 27.9. The number of guanidine groups is 1. The summed E-state index contributed by atoms with van der Waals surface area (Å²) in [5.74, 6) is 0.633. The predicted molar refractivity (Wildman–Crippen MR) is 129 cm³/mol. The standard InChI is InChI=1S/C20H34FN3O3S.HI/c1-6-16(27-18-11-9-8-10-17(18)21)14-23-19(22-7-2)24-15-20(3,4)12-13-28(5,25)26;/h8-11,16H,6-7,12-15H2,1-5H3,(H2,22,23,24);1H. The van der Waals surface area contributed by atoms with Crippen LogP contribution >= 0.6 is 24.0 Å². The fraction of sp³-hybridized carbons (Fsp3) is 0.650. The topological polar surface area (TPSA) is 79.8 Å². The second-order valence-electron chi connectivity index (χ2n) is 7.70. The Hall–Kier alpha value is -1.10. The smallest absolute Gasteiger partial charge is 0.191 e. The molecule has 168 valence electrons. The molecule has 9 heteroatoms. The number of ether oxygens (including phenoxy) is 1. The van der Waals surface area contributed by atoms with Gasteiger partial charge < -0.3 is 15.4 Å². The van der Waals surface area contributed by atoms with E-state index in [1.54, 1.807) is 18.2 Å². The monoisotopic (exact) mass is 543 g/mol. The molecule has 1 aromatic rings. The third kappa shape index (κ3) is 12.2. The van der Waals surface area contributed by atoms with E-state index in [1.807, 2.05) is 27.7 Å². The molecule has 2 N–H and O–H groups in total. The Balaban J connectivity index is 0.00000784. The highest BCUT2D eigenvalue weighted by molar-refractivity contribution is 14.0. The molecule has 0 aliphatic rings. The van der Waals surface area contributed by atoms with Gasteiger partial charge in [-0.3, -0.25) is 4.99 Å². The van der Waals surface area contributed by atoms with Crippen molar-refractivity contribution >= 4 is 39.8 Å². The Morgan fingerprint density at radius 3 is 2.45 bits per heavy atom. The molecule has 0 spiro atoms. The van der Waals surface area contributed by atoms with E-state index in [0.29, 0.717) is 38.4 Å². The maximum atomic E-state index is 13.8. The molecule has 1 rings (SSSR count). The SMILES string of the molecule is CCNC(=NCC(C)(C)CCS(C)(=O)=O)NCC(CC)Oc1ccccc1F.I. The van der Waals surface area contributed by atoms with Crippen molar-refractivity contribution in [1.29, 1.82) is 0 Å². The highest BCUT2D eigenvalue weighted by atomic mass is 127. The fourth-order valence-electron chi connectivity index (χ4n) is 2.38. The lowest BCUT2D eigenvalue weighted by Gasteiger charge is -2.24.